The summed E-state index contributed by atoms with van der Waals surface area (Å²) >= 11 is 0. The van der Waals surface area contributed by atoms with Crippen LogP contribution in [0, 0.1) is 0 Å². The van der Waals surface area contributed by atoms with Crippen LogP contribution in [0.4, 0.5) is 4.79 Å². The molecule has 2 aliphatic rings. The fraction of sp³-hybridized carbons (Fsp3) is 0.917. The average molecular weight is 240 g/mol. The van der Waals surface area contributed by atoms with Crippen LogP contribution in [0.3, 0.4) is 0 Å². The maximum Gasteiger partial charge on any atom is 0.317 e. The lowest BCUT2D eigenvalue weighted by molar-refractivity contribution is 0.214. The van der Waals surface area contributed by atoms with Crippen molar-refractivity contribution in [3.63, 3.8) is 0 Å². The molecule has 2 aliphatic heterocycles. The molecule has 2 saturated heterocycles. The van der Waals surface area contributed by atoms with Crippen molar-refractivity contribution in [2.24, 2.45) is 0 Å². The third-order valence-corrected chi connectivity index (χ3v) is 3.56. The fourth-order valence-electron chi connectivity index (χ4n) is 2.47. The smallest absolute Gasteiger partial charge is 0.317 e. The number of carbonyl (C=O) groups excluding carboxylic acids is 1. The monoisotopic (exact) mass is 240 g/mol. The van der Waals surface area contributed by atoms with Gasteiger partial charge in [-0.3, -0.25) is 0 Å². The van der Waals surface area contributed by atoms with Gasteiger partial charge in [0.1, 0.15) is 0 Å². The summed E-state index contributed by atoms with van der Waals surface area (Å²) < 4.78 is 0. The summed E-state index contributed by atoms with van der Waals surface area (Å²) in [5, 5.41) is 6.20. The second-order valence-corrected chi connectivity index (χ2v) is 4.87. The van der Waals surface area contributed by atoms with Crippen molar-refractivity contribution in [2.45, 2.75) is 19.3 Å². The molecule has 0 aliphatic carbocycles. The average Bonchev–Trinajstić information content (AvgIpc) is 2.76. The Hall–Kier alpha value is -0.810. The molecular formula is C12H24N4O. The highest BCUT2D eigenvalue weighted by Gasteiger charge is 2.18. The number of rotatable bonds is 6. The number of unbranched alkanes of at least 4 members (excludes halogenated alkanes) is 2. The summed E-state index contributed by atoms with van der Waals surface area (Å²) in [7, 11) is 0. The van der Waals surface area contributed by atoms with Gasteiger partial charge in [0.05, 0.1) is 0 Å². The van der Waals surface area contributed by atoms with Crippen LogP contribution in [-0.4, -0.2) is 68.2 Å². The molecule has 0 atom stereocenters. The normalized spacial score (nSPS) is 21.9. The van der Waals surface area contributed by atoms with Crippen LogP contribution < -0.4 is 10.6 Å². The third kappa shape index (κ3) is 4.16. The molecule has 0 aromatic heterocycles. The number of nitrogens with one attached hydrogen (secondary N) is 2. The van der Waals surface area contributed by atoms with Gasteiger partial charge in [-0.1, -0.05) is 6.42 Å². The second kappa shape index (κ2) is 6.81. The van der Waals surface area contributed by atoms with Gasteiger partial charge in [-0.2, -0.15) is 0 Å². The van der Waals surface area contributed by atoms with E-state index in [4.69, 9.17) is 0 Å². The van der Waals surface area contributed by atoms with E-state index in [0.717, 1.165) is 39.1 Å². The maximum atomic E-state index is 11.3. The van der Waals surface area contributed by atoms with E-state index in [1.807, 2.05) is 4.90 Å². The van der Waals surface area contributed by atoms with Crippen molar-refractivity contribution in [3.8, 4) is 0 Å². The first-order valence-electron chi connectivity index (χ1n) is 6.82. The van der Waals surface area contributed by atoms with E-state index in [1.165, 1.54) is 32.5 Å². The lowest BCUT2D eigenvalue weighted by Gasteiger charge is -2.27. The Kier molecular flexibility index (Phi) is 5.07. The SMILES string of the molecule is O=C1NCCN1CCCCCN1CCNCC1. The summed E-state index contributed by atoms with van der Waals surface area (Å²) in [5.41, 5.74) is 0. The number of amides is 2. The van der Waals surface area contributed by atoms with Crippen molar-refractivity contribution in [3.05, 3.63) is 0 Å². The van der Waals surface area contributed by atoms with E-state index in [9.17, 15) is 4.79 Å². The van der Waals surface area contributed by atoms with E-state index in [-0.39, 0.29) is 6.03 Å². The number of carbonyl (C=O) groups is 1. The summed E-state index contributed by atoms with van der Waals surface area (Å²) in [4.78, 5) is 15.7. The van der Waals surface area contributed by atoms with Crippen molar-refractivity contribution in [1.29, 1.82) is 0 Å². The number of urea groups is 1. The number of nitrogens with zero attached hydrogens (tertiary/aromatic N) is 2. The Bertz CT molecular complexity index is 241. The van der Waals surface area contributed by atoms with Gasteiger partial charge < -0.3 is 20.4 Å². The zero-order chi connectivity index (χ0) is 11.9. The summed E-state index contributed by atoms with van der Waals surface area (Å²) in [6.45, 7) is 8.49. The van der Waals surface area contributed by atoms with Crippen LogP contribution in [-0.2, 0) is 0 Å². The van der Waals surface area contributed by atoms with Gasteiger partial charge >= 0.3 is 6.03 Å². The minimum atomic E-state index is 0.118. The highest BCUT2D eigenvalue weighted by atomic mass is 16.2. The van der Waals surface area contributed by atoms with E-state index < -0.39 is 0 Å². The van der Waals surface area contributed by atoms with E-state index in [0.29, 0.717) is 0 Å². The standard InChI is InChI=1S/C12H24N4O/c17-12-14-6-11-16(12)8-3-1-2-7-15-9-4-13-5-10-15/h13H,1-11H2,(H,14,17). The Morgan fingerprint density at radius 2 is 1.71 bits per heavy atom. The third-order valence-electron chi connectivity index (χ3n) is 3.56. The Balaban J connectivity index is 1.47. The van der Waals surface area contributed by atoms with Gasteiger partial charge in [0.2, 0.25) is 0 Å². The van der Waals surface area contributed by atoms with Crippen LogP contribution in [0.25, 0.3) is 0 Å². The van der Waals surface area contributed by atoms with Crippen molar-refractivity contribution < 1.29 is 4.79 Å². The lowest BCUT2D eigenvalue weighted by Crippen LogP contribution is -2.43. The summed E-state index contributed by atoms with van der Waals surface area (Å²) in [6.07, 6.45) is 3.63. The summed E-state index contributed by atoms with van der Waals surface area (Å²) in [6, 6.07) is 0.118. The van der Waals surface area contributed by atoms with Crippen LogP contribution >= 0.6 is 0 Å². The molecule has 0 unspecified atom stereocenters. The molecule has 0 aromatic carbocycles. The molecule has 0 radical (unpaired) electrons. The molecule has 0 saturated carbocycles. The van der Waals surface area contributed by atoms with Crippen LogP contribution in [0.1, 0.15) is 19.3 Å². The van der Waals surface area contributed by atoms with Crippen LogP contribution in [0.5, 0.6) is 0 Å². The summed E-state index contributed by atoms with van der Waals surface area (Å²) in [5.74, 6) is 0. The van der Waals surface area contributed by atoms with Gasteiger partial charge in [0.25, 0.3) is 0 Å². The minimum absolute atomic E-state index is 0.118. The number of hydrogen-bond acceptors (Lipinski definition) is 3. The first-order valence-corrected chi connectivity index (χ1v) is 6.82. The van der Waals surface area contributed by atoms with E-state index in [1.54, 1.807) is 0 Å². The van der Waals surface area contributed by atoms with E-state index in [2.05, 4.69) is 15.5 Å². The molecule has 2 rings (SSSR count). The predicted octanol–water partition coefficient (Wildman–Crippen LogP) is 0.0871. The molecule has 17 heavy (non-hydrogen) atoms. The van der Waals surface area contributed by atoms with Crippen molar-refractivity contribution >= 4 is 6.03 Å². The molecule has 2 N–H and O–H groups in total. The largest absolute Gasteiger partial charge is 0.336 e. The molecule has 0 bridgehead atoms. The van der Waals surface area contributed by atoms with Gasteiger partial charge in [-0.05, 0) is 19.4 Å². The highest BCUT2D eigenvalue weighted by molar-refractivity contribution is 5.76. The zero-order valence-corrected chi connectivity index (χ0v) is 10.6. The molecule has 5 nitrogen and oxygen atoms in total. The Morgan fingerprint density at radius 1 is 0.941 bits per heavy atom. The van der Waals surface area contributed by atoms with E-state index >= 15 is 0 Å². The zero-order valence-electron chi connectivity index (χ0n) is 10.6. The molecule has 2 fully saturated rings. The van der Waals surface area contributed by atoms with Crippen molar-refractivity contribution in [2.75, 3.05) is 52.4 Å². The Labute approximate surface area is 104 Å². The first kappa shape index (κ1) is 12.6. The molecule has 2 amide bonds. The Morgan fingerprint density at radius 3 is 2.41 bits per heavy atom. The van der Waals surface area contributed by atoms with Crippen molar-refractivity contribution in [1.82, 2.24) is 20.4 Å². The predicted molar refractivity (Wildman–Crippen MR) is 68.1 cm³/mol. The molecule has 0 aromatic rings. The minimum Gasteiger partial charge on any atom is -0.336 e. The molecular weight excluding hydrogens is 216 g/mol. The van der Waals surface area contributed by atoms with Gasteiger partial charge in [-0.25, -0.2) is 4.79 Å². The quantitative estimate of drug-likeness (QED) is 0.647. The van der Waals surface area contributed by atoms with Gasteiger partial charge in [0.15, 0.2) is 0 Å². The van der Waals surface area contributed by atoms with Gasteiger partial charge in [0, 0.05) is 45.8 Å². The second-order valence-electron chi connectivity index (χ2n) is 4.87. The maximum absolute atomic E-state index is 11.3. The number of piperazine rings is 1. The highest BCUT2D eigenvalue weighted by Crippen LogP contribution is 2.04. The van der Waals surface area contributed by atoms with Crippen LogP contribution in [0.2, 0.25) is 0 Å². The van der Waals surface area contributed by atoms with Gasteiger partial charge in [-0.15, -0.1) is 0 Å². The molecule has 98 valence electrons. The molecule has 0 spiro atoms. The molecule has 5 heteroatoms. The lowest BCUT2D eigenvalue weighted by atomic mass is 10.2. The molecule has 2 heterocycles. The van der Waals surface area contributed by atoms with Crippen LogP contribution in [0.15, 0.2) is 0 Å². The topological polar surface area (TPSA) is 47.6 Å². The first-order chi connectivity index (χ1) is 8.36. The fourth-order valence-corrected chi connectivity index (χ4v) is 2.47. The number of hydrogen-bond donors (Lipinski definition) is 2.